The molecule has 84 valence electrons. The zero-order valence-corrected chi connectivity index (χ0v) is 9.42. The van der Waals surface area contributed by atoms with Crippen LogP contribution in [0.3, 0.4) is 0 Å². The maximum Gasteiger partial charge on any atom is 0.0809 e. The van der Waals surface area contributed by atoms with Gasteiger partial charge in [-0.3, -0.25) is 0 Å². The Morgan fingerprint density at radius 3 is 2.64 bits per heavy atom. The Kier molecular flexibility index (Phi) is 4.85. The van der Waals surface area contributed by atoms with Crippen molar-refractivity contribution in [3.8, 4) is 0 Å². The summed E-state index contributed by atoms with van der Waals surface area (Å²) >= 11 is 0. The van der Waals surface area contributed by atoms with Crippen molar-refractivity contribution < 1.29 is 9.47 Å². The van der Waals surface area contributed by atoms with E-state index in [4.69, 9.17) is 15.2 Å². The van der Waals surface area contributed by atoms with Crippen LogP contribution < -0.4 is 5.73 Å². The molecular formula is C11H23NO2. The minimum Gasteiger partial charge on any atom is -0.377 e. The molecule has 0 aromatic rings. The highest BCUT2D eigenvalue weighted by molar-refractivity contribution is 4.80. The van der Waals surface area contributed by atoms with Crippen LogP contribution in [-0.2, 0) is 9.47 Å². The van der Waals surface area contributed by atoms with Crippen molar-refractivity contribution in [1.82, 2.24) is 0 Å². The van der Waals surface area contributed by atoms with Gasteiger partial charge >= 0.3 is 0 Å². The van der Waals surface area contributed by atoms with Crippen LogP contribution in [0.4, 0.5) is 0 Å². The molecule has 1 aliphatic rings. The SMILES string of the molecule is CCC(N)(CC)COCC1CCCO1. The first-order chi connectivity index (χ1) is 6.70. The van der Waals surface area contributed by atoms with Gasteiger partial charge in [-0.15, -0.1) is 0 Å². The normalized spacial score (nSPS) is 22.9. The number of rotatable bonds is 6. The molecule has 1 rings (SSSR count). The summed E-state index contributed by atoms with van der Waals surface area (Å²) in [4.78, 5) is 0. The van der Waals surface area contributed by atoms with Crippen molar-refractivity contribution in [3.63, 3.8) is 0 Å². The maximum atomic E-state index is 6.12. The predicted octanol–water partition coefficient (Wildman–Crippen LogP) is 1.70. The van der Waals surface area contributed by atoms with Crippen molar-refractivity contribution >= 4 is 0 Å². The third-order valence-corrected chi connectivity index (χ3v) is 3.13. The number of hydrogen-bond acceptors (Lipinski definition) is 3. The molecule has 0 bridgehead atoms. The molecule has 0 saturated carbocycles. The smallest absolute Gasteiger partial charge is 0.0809 e. The molecule has 1 unspecified atom stereocenters. The van der Waals surface area contributed by atoms with Gasteiger partial charge < -0.3 is 15.2 Å². The second kappa shape index (κ2) is 5.69. The Morgan fingerprint density at radius 2 is 2.14 bits per heavy atom. The van der Waals surface area contributed by atoms with Gasteiger partial charge in [0.25, 0.3) is 0 Å². The minimum atomic E-state index is -0.140. The maximum absolute atomic E-state index is 6.12. The van der Waals surface area contributed by atoms with Gasteiger partial charge in [0.1, 0.15) is 0 Å². The second-order valence-corrected chi connectivity index (χ2v) is 4.22. The van der Waals surface area contributed by atoms with E-state index in [1.54, 1.807) is 0 Å². The summed E-state index contributed by atoms with van der Waals surface area (Å²) in [5, 5.41) is 0. The van der Waals surface area contributed by atoms with E-state index >= 15 is 0 Å². The molecule has 0 aromatic carbocycles. The lowest BCUT2D eigenvalue weighted by molar-refractivity contribution is -0.00104. The van der Waals surface area contributed by atoms with Crippen LogP contribution in [-0.4, -0.2) is 31.5 Å². The molecule has 0 radical (unpaired) electrons. The molecule has 0 spiro atoms. The van der Waals surface area contributed by atoms with E-state index in [2.05, 4.69) is 13.8 Å². The molecule has 14 heavy (non-hydrogen) atoms. The Bertz CT molecular complexity index is 151. The zero-order chi connectivity index (χ0) is 10.4. The van der Waals surface area contributed by atoms with E-state index < -0.39 is 0 Å². The van der Waals surface area contributed by atoms with Crippen LogP contribution in [0.1, 0.15) is 39.5 Å². The van der Waals surface area contributed by atoms with Gasteiger partial charge in [0.15, 0.2) is 0 Å². The first-order valence-electron chi connectivity index (χ1n) is 5.68. The van der Waals surface area contributed by atoms with Gasteiger partial charge in [0.05, 0.1) is 19.3 Å². The molecule has 1 saturated heterocycles. The van der Waals surface area contributed by atoms with Crippen LogP contribution >= 0.6 is 0 Å². The summed E-state index contributed by atoms with van der Waals surface area (Å²) in [6.07, 6.45) is 4.55. The molecule has 3 heteroatoms. The number of nitrogens with two attached hydrogens (primary N) is 1. The number of ether oxygens (including phenoxy) is 2. The fourth-order valence-corrected chi connectivity index (χ4v) is 1.62. The lowest BCUT2D eigenvalue weighted by Gasteiger charge is -2.26. The largest absolute Gasteiger partial charge is 0.377 e. The van der Waals surface area contributed by atoms with Crippen molar-refractivity contribution in [2.24, 2.45) is 5.73 Å². The van der Waals surface area contributed by atoms with E-state index in [0.29, 0.717) is 19.3 Å². The van der Waals surface area contributed by atoms with Gasteiger partial charge in [-0.2, -0.15) is 0 Å². The Morgan fingerprint density at radius 1 is 1.43 bits per heavy atom. The molecule has 3 nitrogen and oxygen atoms in total. The monoisotopic (exact) mass is 201 g/mol. The molecule has 2 N–H and O–H groups in total. The molecule has 1 heterocycles. The molecule has 1 aliphatic heterocycles. The highest BCUT2D eigenvalue weighted by Gasteiger charge is 2.22. The van der Waals surface area contributed by atoms with E-state index in [1.165, 1.54) is 6.42 Å². The fourth-order valence-electron chi connectivity index (χ4n) is 1.62. The average molecular weight is 201 g/mol. The standard InChI is InChI=1S/C11H23NO2/c1-3-11(12,4-2)9-13-8-10-6-5-7-14-10/h10H,3-9,12H2,1-2H3. The van der Waals surface area contributed by atoms with E-state index in [-0.39, 0.29) is 5.54 Å². The molecule has 0 aromatic heterocycles. The summed E-state index contributed by atoms with van der Waals surface area (Å²) in [7, 11) is 0. The summed E-state index contributed by atoms with van der Waals surface area (Å²) < 4.78 is 11.1. The molecule has 0 amide bonds. The topological polar surface area (TPSA) is 44.5 Å². The first kappa shape index (κ1) is 12.0. The molecule has 1 fully saturated rings. The first-order valence-corrected chi connectivity index (χ1v) is 5.68. The quantitative estimate of drug-likeness (QED) is 0.711. The summed E-state index contributed by atoms with van der Waals surface area (Å²) in [5.74, 6) is 0. The fraction of sp³-hybridized carbons (Fsp3) is 1.00. The van der Waals surface area contributed by atoms with Gasteiger partial charge in [-0.25, -0.2) is 0 Å². The van der Waals surface area contributed by atoms with Gasteiger partial charge in [-0.1, -0.05) is 13.8 Å². The molecule has 1 atom stereocenters. The van der Waals surface area contributed by atoms with Crippen LogP contribution in [0.2, 0.25) is 0 Å². The summed E-state index contributed by atoms with van der Waals surface area (Å²) in [6.45, 7) is 6.47. The van der Waals surface area contributed by atoms with Crippen molar-refractivity contribution in [1.29, 1.82) is 0 Å². The Labute approximate surface area is 86.9 Å². The minimum absolute atomic E-state index is 0.140. The van der Waals surface area contributed by atoms with Gasteiger partial charge in [-0.05, 0) is 25.7 Å². The predicted molar refractivity (Wildman–Crippen MR) is 57.3 cm³/mol. The third-order valence-electron chi connectivity index (χ3n) is 3.13. The van der Waals surface area contributed by atoms with Crippen LogP contribution in [0.15, 0.2) is 0 Å². The van der Waals surface area contributed by atoms with Crippen LogP contribution in [0.5, 0.6) is 0 Å². The lowest BCUT2D eigenvalue weighted by Crippen LogP contribution is -2.43. The van der Waals surface area contributed by atoms with E-state index in [1.807, 2.05) is 0 Å². The van der Waals surface area contributed by atoms with E-state index in [0.717, 1.165) is 25.9 Å². The van der Waals surface area contributed by atoms with Crippen molar-refractivity contribution in [3.05, 3.63) is 0 Å². The van der Waals surface area contributed by atoms with Gasteiger partial charge in [0, 0.05) is 12.1 Å². The second-order valence-electron chi connectivity index (χ2n) is 4.22. The van der Waals surface area contributed by atoms with Crippen molar-refractivity contribution in [2.45, 2.75) is 51.2 Å². The highest BCUT2D eigenvalue weighted by Crippen LogP contribution is 2.15. The van der Waals surface area contributed by atoms with Crippen molar-refractivity contribution in [2.75, 3.05) is 19.8 Å². The van der Waals surface area contributed by atoms with Gasteiger partial charge in [0.2, 0.25) is 0 Å². The summed E-state index contributed by atoms with van der Waals surface area (Å²) in [6, 6.07) is 0. The lowest BCUT2D eigenvalue weighted by atomic mass is 9.96. The average Bonchev–Trinajstić information content (AvgIpc) is 2.70. The van der Waals surface area contributed by atoms with Crippen LogP contribution in [0.25, 0.3) is 0 Å². The molecular weight excluding hydrogens is 178 g/mol. The highest BCUT2D eigenvalue weighted by atomic mass is 16.5. The van der Waals surface area contributed by atoms with Crippen LogP contribution in [0, 0.1) is 0 Å². The van der Waals surface area contributed by atoms with E-state index in [9.17, 15) is 0 Å². The third kappa shape index (κ3) is 3.56. The molecule has 0 aliphatic carbocycles. The Balaban J connectivity index is 2.12. The zero-order valence-electron chi connectivity index (χ0n) is 9.42. The summed E-state index contributed by atoms with van der Waals surface area (Å²) in [5.41, 5.74) is 5.98. The Hall–Kier alpha value is -0.120. The number of hydrogen-bond donors (Lipinski definition) is 1.